The van der Waals surface area contributed by atoms with Gasteiger partial charge in [0.05, 0.1) is 9.50 Å². The Labute approximate surface area is 114 Å². The molecule has 4 nitrogen and oxygen atoms in total. The van der Waals surface area contributed by atoms with Gasteiger partial charge in [0.25, 0.3) is 0 Å². The van der Waals surface area contributed by atoms with Crippen molar-refractivity contribution in [2.75, 3.05) is 32.2 Å². The van der Waals surface area contributed by atoms with Crippen molar-refractivity contribution < 1.29 is 9.47 Å². The van der Waals surface area contributed by atoms with Crippen LogP contribution in [0.3, 0.4) is 0 Å². The Morgan fingerprint density at radius 2 is 1.94 bits per heavy atom. The first-order chi connectivity index (χ1) is 8.15. The summed E-state index contributed by atoms with van der Waals surface area (Å²) >= 11 is 9.35. The molecule has 17 heavy (non-hydrogen) atoms. The summed E-state index contributed by atoms with van der Waals surface area (Å²) in [6.07, 6.45) is 1.79. The van der Waals surface area contributed by atoms with Crippen LogP contribution in [0.5, 0.6) is 0 Å². The van der Waals surface area contributed by atoms with Crippen molar-refractivity contribution in [1.82, 2.24) is 4.98 Å². The van der Waals surface area contributed by atoms with Crippen molar-refractivity contribution in [3.63, 3.8) is 0 Å². The number of anilines is 1. The maximum atomic E-state index is 5.88. The molecule has 2 atom stereocenters. The van der Waals surface area contributed by atoms with Crippen molar-refractivity contribution in [1.29, 1.82) is 0 Å². The van der Waals surface area contributed by atoms with Gasteiger partial charge in [0.15, 0.2) is 0 Å². The standard InChI is InChI=1S/C11H14BrClN2O2/c1-16-9-5-15(6-10(9)17-2)11-8(12)3-7(13)4-14-11/h3-4,9-10H,5-6H2,1-2H3. The molecule has 0 amide bonds. The molecule has 1 aromatic rings. The highest BCUT2D eigenvalue weighted by Gasteiger charge is 2.34. The van der Waals surface area contributed by atoms with Crippen molar-refractivity contribution in [2.24, 2.45) is 0 Å². The highest BCUT2D eigenvalue weighted by molar-refractivity contribution is 9.10. The summed E-state index contributed by atoms with van der Waals surface area (Å²) in [6, 6.07) is 1.84. The molecule has 94 valence electrons. The van der Waals surface area contributed by atoms with Crippen LogP contribution >= 0.6 is 27.5 Å². The van der Waals surface area contributed by atoms with Gasteiger partial charge in [0.2, 0.25) is 0 Å². The van der Waals surface area contributed by atoms with Crippen LogP contribution in [0.25, 0.3) is 0 Å². The van der Waals surface area contributed by atoms with Crippen LogP contribution in [0, 0.1) is 0 Å². The van der Waals surface area contributed by atoms with Gasteiger partial charge in [-0.15, -0.1) is 0 Å². The molecule has 0 radical (unpaired) electrons. The van der Waals surface area contributed by atoms with E-state index in [1.807, 2.05) is 6.07 Å². The Kier molecular flexibility index (Phi) is 4.25. The number of rotatable bonds is 3. The minimum atomic E-state index is 0.0735. The van der Waals surface area contributed by atoms with E-state index in [1.165, 1.54) is 0 Å². The number of pyridine rings is 1. The number of halogens is 2. The average molecular weight is 322 g/mol. The third-order valence-electron chi connectivity index (χ3n) is 2.91. The molecular formula is C11H14BrClN2O2. The van der Waals surface area contributed by atoms with E-state index in [4.69, 9.17) is 21.1 Å². The zero-order valence-electron chi connectivity index (χ0n) is 9.69. The van der Waals surface area contributed by atoms with E-state index < -0.39 is 0 Å². The zero-order valence-corrected chi connectivity index (χ0v) is 12.0. The normalized spacial score (nSPS) is 24.4. The van der Waals surface area contributed by atoms with E-state index in [9.17, 15) is 0 Å². The first-order valence-electron chi connectivity index (χ1n) is 5.27. The maximum absolute atomic E-state index is 5.88. The lowest BCUT2D eigenvalue weighted by molar-refractivity contribution is -0.00461. The molecular weight excluding hydrogens is 307 g/mol. The number of methoxy groups -OCH3 is 2. The molecule has 1 aromatic heterocycles. The fourth-order valence-corrected chi connectivity index (χ4v) is 2.90. The van der Waals surface area contributed by atoms with Gasteiger partial charge in [-0.25, -0.2) is 4.98 Å². The lowest BCUT2D eigenvalue weighted by Crippen LogP contribution is -2.27. The smallest absolute Gasteiger partial charge is 0.143 e. The fourth-order valence-electron chi connectivity index (χ4n) is 2.01. The summed E-state index contributed by atoms with van der Waals surface area (Å²) in [7, 11) is 3.40. The second kappa shape index (κ2) is 5.52. The number of nitrogens with zero attached hydrogens (tertiary/aromatic N) is 2. The predicted molar refractivity (Wildman–Crippen MR) is 70.8 cm³/mol. The zero-order chi connectivity index (χ0) is 12.4. The summed E-state index contributed by atoms with van der Waals surface area (Å²) in [4.78, 5) is 6.46. The molecule has 0 bridgehead atoms. The molecule has 0 aliphatic carbocycles. The topological polar surface area (TPSA) is 34.6 Å². The van der Waals surface area contributed by atoms with Crippen molar-refractivity contribution in [3.05, 3.63) is 21.8 Å². The largest absolute Gasteiger partial charge is 0.377 e. The summed E-state index contributed by atoms with van der Waals surface area (Å²) in [5, 5.41) is 0.617. The van der Waals surface area contributed by atoms with E-state index in [0.717, 1.165) is 23.4 Å². The molecule has 2 heterocycles. The molecule has 0 spiro atoms. The molecule has 1 aliphatic rings. The maximum Gasteiger partial charge on any atom is 0.143 e. The SMILES string of the molecule is COC1CN(c2ncc(Cl)cc2Br)CC1OC. The van der Waals surface area contributed by atoms with E-state index in [2.05, 4.69) is 25.8 Å². The number of aromatic nitrogens is 1. The number of hydrogen-bond donors (Lipinski definition) is 0. The Balaban J connectivity index is 2.19. The van der Waals surface area contributed by atoms with Crippen LogP contribution in [0.15, 0.2) is 16.7 Å². The molecule has 0 aromatic carbocycles. The van der Waals surface area contributed by atoms with Crippen LogP contribution < -0.4 is 4.90 Å². The highest BCUT2D eigenvalue weighted by atomic mass is 79.9. The van der Waals surface area contributed by atoms with Crippen LogP contribution in [-0.2, 0) is 9.47 Å². The van der Waals surface area contributed by atoms with Gasteiger partial charge in [0.1, 0.15) is 18.0 Å². The molecule has 6 heteroatoms. The van der Waals surface area contributed by atoms with Gasteiger partial charge >= 0.3 is 0 Å². The van der Waals surface area contributed by atoms with Crippen molar-refractivity contribution in [3.8, 4) is 0 Å². The first-order valence-corrected chi connectivity index (χ1v) is 6.44. The number of hydrogen-bond acceptors (Lipinski definition) is 4. The summed E-state index contributed by atoms with van der Waals surface area (Å²) < 4.78 is 11.7. The Morgan fingerprint density at radius 1 is 1.35 bits per heavy atom. The lowest BCUT2D eigenvalue weighted by Gasteiger charge is -2.18. The van der Waals surface area contributed by atoms with Gasteiger partial charge in [-0.05, 0) is 22.0 Å². The molecule has 0 saturated carbocycles. The third-order valence-corrected chi connectivity index (χ3v) is 3.70. The number of ether oxygens (including phenoxy) is 2. The minimum absolute atomic E-state index is 0.0735. The van der Waals surface area contributed by atoms with E-state index in [1.54, 1.807) is 20.4 Å². The summed E-state index contributed by atoms with van der Waals surface area (Å²) in [5.74, 6) is 0.871. The van der Waals surface area contributed by atoms with E-state index in [0.29, 0.717) is 5.02 Å². The molecule has 1 fully saturated rings. The van der Waals surface area contributed by atoms with Crippen molar-refractivity contribution in [2.45, 2.75) is 12.2 Å². The monoisotopic (exact) mass is 320 g/mol. The van der Waals surface area contributed by atoms with Crippen molar-refractivity contribution >= 4 is 33.3 Å². The second-order valence-corrected chi connectivity index (χ2v) is 5.20. The lowest BCUT2D eigenvalue weighted by atomic mass is 10.3. The van der Waals surface area contributed by atoms with Gasteiger partial charge in [-0.1, -0.05) is 11.6 Å². The average Bonchev–Trinajstić information content (AvgIpc) is 2.72. The van der Waals surface area contributed by atoms with Gasteiger partial charge in [-0.2, -0.15) is 0 Å². The van der Waals surface area contributed by atoms with Gasteiger partial charge < -0.3 is 14.4 Å². The highest BCUT2D eigenvalue weighted by Crippen LogP contribution is 2.30. The molecule has 1 aliphatic heterocycles. The molecule has 2 rings (SSSR count). The van der Waals surface area contributed by atoms with E-state index >= 15 is 0 Å². The quantitative estimate of drug-likeness (QED) is 0.856. The van der Waals surface area contributed by atoms with E-state index in [-0.39, 0.29) is 12.2 Å². The Bertz CT molecular complexity index is 393. The molecule has 1 saturated heterocycles. The minimum Gasteiger partial charge on any atom is -0.377 e. The summed E-state index contributed by atoms with van der Waals surface area (Å²) in [5.41, 5.74) is 0. The Hall–Kier alpha value is -0.360. The van der Waals surface area contributed by atoms with Gasteiger partial charge in [-0.3, -0.25) is 0 Å². The second-order valence-electron chi connectivity index (χ2n) is 3.91. The van der Waals surface area contributed by atoms with Crippen LogP contribution in [0.2, 0.25) is 5.02 Å². The Morgan fingerprint density at radius 3 is 2.41 bits per heavy atom. The predicted octanol–water partition coefficient (Wildman–Crippen LogP) is 2.35. The van der Waals surface area contributed by atoms with Crippen LogP contribution in [0.4, 0.5) is 5.82 Å². The first kappa shape index (κ1) is 13.1. The summed E-state index contributed by atoms with van der Waals surface area (Å²) in [6.45, 7) is 1.53. The molecule has 0 N–H and O–H groups in total. The molecule has 2 unspecified atom stereocenters. The van der Waals surface area contributed by atoms with Crippen LogP contribution in [0.1, 0.15) is 0 Å². The fraction of sp³-hybridized carbons (Fsp3) is 0.545. The third kappa shape index (κ3) is 2.73. The van der Waals surface area contributed by atoms with Crippen LogP contribution in [-0.4, -0.2) is 44.5 Å². The van der Waals surface area contributed by atoms with Gasteiger partial charge in [0, 0.05) is 33.5 Å².